The number of hydrogen-bond acceptors (Lipinski definition) is 12. The normalized spacial score (nSPS) is 15.1. The molecule has 3 aliphatic heterocycles. The maximum Gasteiger partial charge on any atom is 0.336 e. The van der Waals surface area contributed by atoms with Crippen molar-refractivity contribution in [2.45, 2.75) is 38.5 Å². The van der Waals surface area contributed by atoms with Crippen LogP contribution in [0.4, 0.5) is 5.69 Å². The maximum atomic E-state index is 13.6. The Hall–Kier alpha value is -3.96. The van der Waals surface area contributed by atoms with Crippen LogP contribution in [0.15, 0.2) is 59.0 Å². The van der Waals surface area contributed by atoms with Gasteiger partial charge < -0.3 is 47.7 Å². The predicted molar refractivity (Wildman–Crippen MR) is 255 cm³/mol. The van der Waals surface area contributed by atoms with Crippen LogP contribution < -0.4 is 14.8 Å². The fourth-order valence-corrected chi connectivity index (χ4v) is 8.31. The summed E-state index contributed by atoms with van der Waals surface area (Å²) in [7, 11) is 4.27. The van der Waals surface area contributed by atoms with Crippen molar-refractivity contribution in [3.8, 4) is 22.5 Å². The van der Waals surface area contributed by atoms with Crippen molar-refractivity contribution >= 4 is 40.0 Å². The van der Waals surface area contributed by atoms with E-state index in [1.165, 1.54) is 0 Å². The summed E-state index contributed by atoms with van der Waals surface area (Å²) in [5.74, 6) is 0.259. The van der Waals surface area contributed by atoms with Crippen LogP contribution in [0.1, 0.15) is 59.2 Å². The number of aromatic carboxylic acids is 1. The van der Waals surface area contributed by atoms with Gasteiger partial charge in [0.05, 0.1) is 90.8 Å². The van der Waals surface area contributed by atoms with Gasteiger partial charge in [0.25, 0.3) is 0 Å². The zero-order valence-corrected chi connectivity index (χ0v) is 39.3. The van der Waals surface area contributed by atoms with E-state index in [9.17, 15) is 14.7 Å². The Morgan fingerprint density at radius 2 is 1.22 bits per heavy atom. The number of benzene rings is 3. The number of anilines is 1. The number of ether oxygens (including phenoxy) is 6. The van der Waals surface area contributed by atoms with Crippen molar-refractivity contribution in [2.24, 2.45) is 0 Å². The quantitative estimate of drug-likeness (QED) is 0.0217. The summed E-state index contributed by atoms with van der Waals surface area (Å²) in [6.45, 7) is 13.5. The Morgan fingerprint density at radius 1 is 0.631 bits per heavy atom. The number of carbonyl (C=O) groups is 2. The molecule has 6 rings (SSSR count). The van der Waals surface area contributed by atoms with E-state index < -0.39 is 5.97 Å². The minimum atomic E-state index is -1.06. The Morgan fingerprint density at radius 3 is 1.83 bits per heavy atom. The number of likely N-dealkylation sites (N-methyl/N-ethyl adjacent to an activating group) is 2. The van der Waals surface area contributed by atoms with E-state index in [0.29, 0.717) is 102 Å². The number of Topliss-reactive ketones (excluding diaryl/α,β-unsaturated/α-hetero) is 1. The van der Waals surface area contributed by atoms with E-state index >= 15 is 0 Å². The lowest BCUT2D eigenvalue weighted by molar-refractivity contribution is -0.0169. The second-order valence-corrected chi connectivity index (χ2v) is 17.2. The molecule has 4 aliphatic rings. The molecule has 0 unspecified atom stereocenters. The van der Waals surface area contributed by atoms with Gasteiger partial charge in [-0.05, 0) is 69.3 Å². The summed E-state index contributed by atoms with van der Waals surface area (Å²) in [5, 5.41) is 12.4. The van der Waals surface area contributed by atoms with Crippen molar-refractivity contribution in [3.05, 3.63) is 71.1 Å². The summed E-state index contributed by atoms with van der Waals surface area (Å²) < 4.78 is 42.7. The van der Waals surface area contributed by atoms with Crippen LogP contribution in [-0.4, -0.2) is 178 Å². The molecule has 2 aromatic rings. The zero-order chi connectivity index (χ0) is 45.6. The molecule has 3 heterocycles. The number of alkyl halides is 1. The molecule has 0 aromatic heterocycles. The summed E-state index contributed by atoms with van der Waals surface area (Å²) >= 11 is 5.69. The van der Waals surface area contributed by atoms with Crippen molar-refractivity contribution in [1.29, 1.82) is 0 Å². The monoisotopic (exact) mass is 921 g/mol. The maximum absolute atomic E-state index is 13.6. The van der Waals surface area contributed by atoms with Crippen LogP contribution in [0.2, 0.25) is 0 Å². The van der Waals surface area contributed by atoms with Gasteiger partial charge in [0.1, 0.15) is 11.3 Å². The van der Waals surface area contributed by atoms with Gasteiger partial charge in [0, 0.05) is 91.6 Å². The third kappa shape index (κ3) is 15.8. The molecule has 0 atom stereocenters. The lowest BCUT2D eigenvalue weighted by Gasteiger charge is -2.34. The number of hydrogen-bond donors (Lipinski definition) is 1. The first-order valence-electron chi connectivity index (χ1n) is 23.5. The topological polar surface area (TPSA) is 136 Å². The average molecular weight is 923 g/mol. The van der Waals surface area contributed by atoms with Crippen LogP contribution in [0.25, 0.3) is 33.4 Å². The lowest BCUT2D eigenvalue weighted by atomic mass is 9.88. The molecular formula is C50H70ClN4O10+. The first-order chi connectivity index (χ1) is 31.8. The van der Waals surface area contributed by atoms with Crippen molar-refractivity contribution in [3.63, 3.8) is 0 Å². The number of rotatable bonds is 29. The molecule has 356 valence electrons. The number of piperazine rings is 2. The third-order valence-corrected chi connectivity index (χ3v) is 12.3. The largest absolute Gasteiger partial charge is 0.478 e. The highest BCUT2D eigenvalue weighted by atomic mass is 35.5. The van der Waals surface area contributed by atoms with E-state index in [0.717, 1.165) is 118 Å². The van der Waals surface area contributed by atoms with Crippen LogP contribution in [0.5, 0.6) is 0 Å². The van der Waals surface area contributed by atoms with Crippen molar-refractivity contribution < 1.29 is 47.5 Å². The molecule has 2 aromatic carbocycles. The number of fused-ring (bicyclic) bond motifs is 2. The average Bonchev–Trinajstić information content (AvgIpc) is 3.32. The van der Waals surface area contributed by atoms with Crippen LogP contribution in [0.3, 0.4) is 0 Å². The van der Waals surface area contributed by atoms with Gasteiger partial charge in [-0.2, -0.15) is 0 Å². The summed E-state index contributed by atoms with van der Waals surface area (Å²) in [6.07, 6.45) is 5.21. The Kier molecular flexibility index (Phi) is 21.4. The summed E-state index contributed by atoms with van der Waals surface area (Å²) in [4.78, 5) is 33.5. The van der Waals surface area contributed by atoms with Crippen LogP contribution >= 0.6 is 11.6 Å². The molecular weight excluding hydrogens is 852 g/mol. The number of carboxylic acids is 1. The van der Waals surface area contributed by atoms with E-state index in [-0.39, 0.29) is 17.8 Å². The molecule has 0 amide bonds. The van der Waals surface area contributed by atoms with E-state index in [4.69, 9.17) is 44.4 Å². The minimum Gasteiger partial charge on any atom is -0.478 e. The second-order valence-electron chi connectivity index (χ2n) is 16.8. The number of nitrogens with zero attached hydrogens (tertiary/aromatic N) is 4. The zero-order valence-electron chi connectivity index (χ0n) is 38.6. The third-order valence-electron chi connectivity index (χ3n) is 12.0. The number of halogens is 1. The number of ketones is 1. The van der Waals surface area contributed by atoms with Crippen molar-refractivity contribution in [2.75, 3.05) is 157 Å². The van der Waals surface area contributed by atoms with E-state index in [1.807, 2.05) is 12.1 Å². The number of unbranched alkanes of at least 4 members (excludes halogenated alkanes) is 3. The van der Waals surface area contributed by atoms with Crippen LogP contribution in [0, 0.1) is 0 Å². The minimum absolute atomic E-state index is 0.0779. The van der Waals surface area contributed by atoms with Gasteiger partial charge in [-0.3, -0.25) is 9.69 Å². The van der Waals surface area contributed by atoms with Gasteiger partial charge in [0.15, 0.2) is 18.9 Å². The van der Waals surface area contributed by atoms with Gasteiger partial charge in [-0.15, -0.1) is 11.6 Å². The standard InChI is InChI=1S/C50H69ClN4O10/c1-52-16-20-54(21-17-52)40-10-13-43-47(37-40)65-48-38-41(55-22-18-53(2)19-23-55)11-14-44(48)49(43)45-36-39(9-12-42(45)50(57)58)46(56)8-7-25-60-27-29-62-31-33-64-35-34-63-32-30-61-28-26-59-24-6-4-3-5-15-51/h9-14,36-38H,3-8,15-35H2,1-2H3/p+1. The van der Waals surface area contributed by atoms with Gasteiger partial charge in [0.2, 0.25) is 5.36 Å². The first-order valence-corrected chi connectivity index (χ1v) is 24.0. The number of carboxylic acid groups (broad SMARTS) is 1. The Balaban J connectivity index is 0.968. The highest BCUT2D eigenvalue weighted by Crippen LogP contribution is 2.42. The molecule has 14 nitrogen and oxygen atoms in total. The van der Waals surface area contributed by atoms with E-state index in [1.54, 1.807) is 18.2 Å². The predicted octanol–water partition coefficient (Wildman–Crippen LogP) is 6.23. The van der Waals surface area contributed by atoms with Crippen molar-refractivity contribution in [1.82, 2.24) is 14.4 Å². The molecule has 0 spiro atoms. The molecule has 2 fully saturated rings. The highest BCUT2D eigenvalue weighted by Gasteiger charge is 2.25. The van der Waals surface area contributed by atoms with Gasteiger partial charge in [-0.1, -0.05) is 18.9 Å². The molecule has 15 heteroatoms. The van der Waals surface area contributed by atoms with E-state index in [2.05, 4.69) is 57.6 Å². The van der Waals surface area contributed by atoms with Gasteiger partial charge in [-0.25, -0.2) is 9.37 Å². The molecule has 65 heavy (non-hydrogen) atoms. The fraction of sp³-hybridized carbons (Fsp3) is 0.580. The molecule has 1 aliphatic carbocycles. The highest BCUT2D eigenvalue weighted by molar-refractivity contribution is 6.17. The number of carbonyl (C=O) groups excluding carboxylic acids is 1. The molecule has 1 N–H and O–H groups in total. The summed E-state index contributed by atoms with van der Waals surface area (Å²) in [6, 6.07) is 17.3. The first kappa shape index (κ1) is 50.5. The molecule has 0 bridgehead atoms. The van der Waals surface area contributed by atoms with Gasteiger partial charge >= 0.3 is 5.97 Å². The second kappa shape index (κ2) is 27.6. The SMILES string of the molecule is CN1CCN(c2ccc3c(-c4cc(C(=O)CCCOCCOCCOCCOCCOCCOCCCCCCCl)ccc4C(=O)O)c4ccc(=[N+]5CCN(C)CC5)cc-4oc3c2)CC1. The molecule has 2 saturated heterocycles. The lowest BCUT2D eigenvalue weighted by Crippen LogP contribution is -2.46. The fourth-order valence-electron chi connectivity index (χ4n) is 8.12. The molecule has 0 saturated carbocycles. The smallest absolute Gasteiger partial charge is 0.336 e. The molecule has 0 radical (unpaired) electrons. The summed E-state index contributed by atoms with van der Waals surface area (Å²) in [5.41, 5.74) is 4.34. The Bertz CT molecular complexity index is 2110. The Labute approximate surface area is 389 Å². The van der Waals surface area contributed by atoms with Crippen LogP contribution in [-0.2, 0) is 28.4 Å².